The average Bonchev–Trinajstić information content (AvgIpc) is 2.97. The van der Waals surface area contributed by atoms with E-state index < -0.39 is 8.32 Å². The fraction of sp³-hybridized carbons (Fsp3) is 0.435. The van der Waals surface area contributed by atoms with E-state index in [1.807, 2.05) is 19.1 Å². The van der Waals surface area contributed by atoms with E-state index in [1.54, 1.807) is 0 Å². The normalized spacial score (nSPS) is 19.7. The molecule has 3 atom stereocenters. The fourth-order valence-electron chi connectivity index (χ4n) is 4.17. The molecule has 1 unspecified atom stereocenters. The lowest BCUT2D eigenvalue weighted by molar-refractivity contribution is 0.0890. The highest BCUT2D eigenvalue weighted by Crippen LogP contribution is 2.38. The molecule has 0 aromatic heterocycles. The molecule has 1 heterocycles. The van der Waals surface area contributed by atoms with Crippen LogP contribution in [-0.2, 0) is 9.16 Å². The molecule has 2 aromatic rings. The summed E-state index contributed by atoms with van der Waals surface area (Å²) >= 11 is 0. The largest absolute Gasteiger partial charge is 0.444 e. The van der Waals surface area contributed by atoms with Crippen LogP contribution in [-0.4, -0.2) is 32.7 Å². The molecule has 1 N–H and O–H groups in total. The van der Waals surface area contributed by atoms with E-state index in [0.717, 1.165) is 0 Å². The van der Waals surface area contributed by atoms with Crippen LogP contribution in [0.25, 0.3) is 0 Å². The third kappa shape index (κ3) is 5.44. The minimum atomic E-state index is -2.58. The number of rotatable bonds is 6. The molecular formula is C23H35NO3S2Si. The van der Waals surface area contributed by atoms with Crippen LogP contribution in [0.5, 0.6) is 0 Å². The number of hydrogen-bond acceptors (Lipinski definition) is 3. The molecule has 3 rings (SSSR count). The van der Waals surface area contributed by atoms with Crippen molar-refractivity contribution in [3.05, 3.63) is 60.7 Å². The molecule has 4 nitrogen and oxygen atoms in total. The van der Waals surface area contributed by atoms with E-state index in [2.05, 4.69) is 81.5 Å². The number of amides is 1. The highest BCUT2D eigenvalue weighted by atomic mass is 32.1. The standard InChI is InChI=1S/C23H31NO3Si.2H2S/c1-17(16-21-18(2)24-22(25)26-21)27-28(23(3,4)5,19-12-8-6-9-13-19)20-14-10-7-11-15-20;;/h6-15,17-18,21H,16H2,1-5H3,(H,24,25);2*1H2/t17-,18-,21?;;/m0../s1. The van der Waals surface area contributed by atoms with Crippen molar-refractivity contribution in [2.24, 2.45) is 0 Å². The van der Waals surface area contributed by atoms with Gasteiger partial charge in [-0.1, -0.05) is 81.4 Å². The summed E-state index contributed by atoms with van der Waals surface area (Å²) < 4.78 is 12.5. The Hall–Kier alpha value is -1.41. The number of alkyl carbamates (subject to hydrolysis) is 1. The summed E-state index contributed by atoms with van der Waals surface area (Å²) in [6, 6.07) is 21.2. The maximum Gasteiger partial charge on any atom is 0.407 e. The Morgan fingerprint density at radius 3 is 1.83 bits per heavy atom. The van der Waals surface area contributed by atoms with Crippen LogP contribution in [0.3, 0.4) is 0 Å². The number of benzene rings is 2. The number of hydrogen-bond donors (Lipinski definition) is 1. The van der Waals surface area contributed by atoms with Crippen molar-refractivity contribution in [3.63, 3.8) is 0 Å². The van der Waals surface area contributed by atoms with E-state index in [0.29, 0.717) is 6.42 Å². The molecule has 0 saturated carbocycles. The lowest BCUT2D eigenvalue weighted by atomic mass is 10.1. The zero-order chi connectivity index (χ0) is 20.4. The van der Waals surface area contributed by atoms with Crippen molar-refractivity contribution in [3.8, 4) is 0 Å². The molecule has 0 bridgehead atoms. The second-order valence-electron chi connectivity index (χ2n) is 8.70. The van der Waals surface area contributed by atoms with Gasteiger partial charge in [0.1, 0.15) is 6.10 Å². The van der Waals surface area contributed by atoms with Gasteiger partial charge in [-0.2, -0.15) is 27.0 Å². The minimum absolute atomic E-state index is 0. The van der Waals surface area contributed by atoms with Crippen LogP contribution in [0.1, 0.15) is 41.0 Å². The van der Waals surface area contributed by atoms with Crippen molar-refractivity contribution in [2.45, 2.75) is 64.3 Å². The van der Waals surface area contributed by atoms with Gasteiger partial charge in [0.2, 0.25) is 0 Å². The SMILES string of the molecule is C[C@@H]1NC(=O)OC1C[C@H](C)O[Si](c1ccccc1)(c1ccccc1)C(C)(C)C.S.S. The van der Waals surface area contributed by atoms with Crippen LogP contribution in [0.4, 0.5) is 4.79 Å². The van der Waals surface area contributed by atoms with Gasteiger partial charge in [-0.25, -0.2) is 4.79 Å². The molecule has 7 heteroatoms. The predicted molar refractivity (Wildman–Crippen MR) is 136 cm³/mol. The number of nitrogens with one attached hydrogen (secondary N) is 1. The number of ether oxygens (including phenoxy) is 1. The zero-order valence-electron chi connectivity index (χ0n) is 18.4. The van der Waals surface area contributed by atoms with Crippen molar-refractivity contribution in [2.75, 3.05) is 0 Å². The summed E-state index contributed by atoms with van der Waals surface area (Å²) in [5.41, 5.74) is 0. The molecular weight excluding hydrogens is 430 g/mol. The van der Waals surface area contributed by atoms with Crippen molar-refractivity contribution < 1.29 is 14.0 Å². The molecule has 0 spiro atoms. The molecule has 166 valence electrons. The lowest BCUT2D eigenvalue weighted by Crippen LogP contribution is -2.67. The van der Waals surface area contributed by atoms with Crippen molar-refractivity contribution in [1.29, 1.82) is 0 Å². The van der Waals surface area contributed by atoms with Gasteiger partial charge in [0.15, 0.2) is 0 Å². The summed E-state index contributed by atoms with van der Waals surface area (Å²) in [5, 5.41) is 5.27. The fourth-order valence-corrected chi connectivity index (χ4v) is 8.89. The quantitative estimate of drug-likeness (QED) is 0.655. The Labute approximate surface area is 195 Å². The lowest BCUT2D eigenvalue weighted by Gasteiger charge is -2.45. The van der Waals surface area contributed by atoms with Crippen LogP contribution >= 0.6 is 27.0 Å². The van der Waals surface area contributed by atoms with E-state index in [1.165, 1.54) is 10.4 Å². The summed E-state index contributed by atoms with van der Waals surface area (Å²) in [6.45, 7) is 10.9. The first-order valence-corrected chi connectivity index (χ1v) is 11.9. The first-order chi connectivity index (χ1) is 13.2. The highest BCUT2D eigenvalue weighted by molar-refractivity contribution is 7.59. The third-order valence-corrected chi connectivity index (χ3v) is 10.7. The van der Waals surface area contributed by atoms with Crippen molar-refractivity contribution in [1.82, 2.24) is 5.32 Å². The molecule has 1 aliphatic rings. The Bertz CT molecular complexity index is 760. The van der Waals surface area contributed by atoms with E-state index >= 15 is 0 Å². The maximum absolute atomic E-state index is 11.6. The Balaban J connectivity index is 0.00000225. The first-order valence-electron chi connectivity index (χ1n) is 10.00. The van der Waals surface area contributed by atoms with Gasteiger partial charge in [-0.15, -0.1) is 0 Å². The monoisotopic (exact) mass is 465 g/mol. The summed E-state index contributed by atoms with van der Waals surface area (Å²) in [4.78, 5) is 11.6. The molecule has 1 fully saturated rings. The second kappa shape index (κ2) is 10.8. The maximum atomic E-state index is 11.6. The van der Waals surface area contributed by atoms with E-state index in [-0.39, 0.29) is 56.4 Å². The van der Waals surface area contributed by atoms with E-state index in [4.69, 9.17) is 9.16 Å². The first kappa shape index (κ1) is 26.6. The van der Waals surface area contributed by atoms with Gasteiger partial charge < -0.3 is 14.5 Å². The van der Waals surface area contributed by atoms with Gasteiger partial charge >= 0.3 is 6.09 Å². The van der Waals surface area contributed by atoms with Gasteiger partial charge in [0.05, 0.1) is 6.04 Å². The Morgan fingerprint density at radius 2 is 1.47 bits per heavy atom. The molecule has 0 aliphatic carbocycles. The Morgan fingerprint density at radius 1 is 1.00 bits per heavy atom. The summed E-state index contributed by atoms with van der Waals surface area (Å²) in [6.07, 6.45) is 0.118. The van der Waals surface area contributed by atoms with Gasteiger partial charge in [0.25, 0.3) is 8.32 Å². The smallest absolute Gasteiger partial charge is 0.407 e. The number of carbonyl (C=O) groups is 1. The van der Waals surface area contributed by atoms with Gasteiger partial charge in [0, 0.05) is 12.5 Å². The summed E-state index contributed by atoms with van der Waals surface area (Å²) in [7, 11) is -2.58. The number of cyclic esters (lactones) is 1. The zero-order valence-corrected chi connectivity index (χ0v) is 21.4. The molecule has 1 amide bonds. The van der Waals surface area contributed by atoms with Crippen LogP contribution in [0.2, 0.25) is 5.04 Å². The second-order valence-corrected chi connectivity index (χ2v) is 13.0. The van der Waals surface area contributed by atoms with Gasteiger partial charge in [-0.3, -0.25) is 0 Å². The topological polar surface area (TPSA) is 47.6 Å². The minimum Gasteiger partial charge on any atom is -0.444 e. The molecule has 30 heavy (non-hydrogen) atoms. The molecule has 0 radical (unpaired) electrons. The van der Waals surface area contributed by atoms with E-state index in [9.17, 15) is 4.79 Å². The Kier molecular flexibility index (Phi) is 9.54. The average molecular weight is 466 g/mol. The van der Waals surface area contributed by atoms with Gasteiger partial charge in [-0.05, 0) is 29.3 Å². The highest BCUT2D eigenvalue weighted by Gasteiger charge is 2.51. The predicted octanol–water partition coefficient (Wildman–Crippen LogP) is 4.06. The number of carbonyl (C=O) groups excluding carboxylic acids is 1. The van der Waals surface area contributed by atoms with Crippen molar-refractivity contribution >= 4 is 51.8 Å². The molecule has 2 aromatic carbocycles. The van der Waals surface area contributed by atoms with Crippen LogP contribution in [0, 0.1) is 0 Å². The molecule has 1 aliphatic heterocycles. The van der Waals surface area contributed by atoms with Crippen LogP contribution in [0.15, 0.2) is 60.7 Å². The van der Waals surface area contributed by atoms with Crippen LogP contribution < -0.4 is 15.7 Å². The molecule has 1 saturated heterocycles. The third-order valence-electron chi connectivity index (χ3n) is 5.52. The summed E-state index contributed by atoms with van der Waals surface area (Å²) in [5.74, 6) is 0.